The van der Waals surface area contributed by atoms with Crippen molar-refractivity contribution in [2.75, 3.05) is 14.2 Å². The molecular formula is C15H16BrFN2O. The van der Waals surface area contributed by atoms with Crippen LogP contribution in [0.2, 0.25) is 0 Å². The monoisotopic (exact) mass is 338 g/mol. The van der Waals surface area contributed by atoms with Crippen molar-refractivity contribution in [1.82, 2.24) is 10.3 Å². The molecule has 1 aromatic heterocycles. The average molecular weight is 339 g/mol. The molecule has 0 spiro atoms. The highest BCUT2D eigenvalue weighted by Crippen LogP contribution is 2.28. The second kappa shape index (κ2) is 6.81. The van der Waals surface area contributed by atoms with Gasteiger partial charge in [-0.25, -0.2) is 9.37 Å². The molecule has 0 radical (unpaired) electrons. The van der Waals surface area contributed by atoms with Gasteiger partial charge in [-0.2, -0.15) is 0 Å². The van der Waals surface area contributed by atoms with Crippen molar-refractivity contribution < 1.29 is 9.13 Å². The SMILES string of the molecule is CNC(Cc1ccc(F)cc1Br)c1cccnc1OC. The van der Waals surface area contributed by atoms with Crippen LogP contribution in [0.3, 0.4) is 0 Å². The zero-order valence-corrected chi connectivity index (χ0v) is 12.9. The first-order chi connectivity index (χ1) is 9.65. The Balaban J connectivity index is 2.29. The highest BCUT2D eigenvalue weighted by molar-refractivity contribution is 9.10. The van der Waals surface area contributed by atoms with E-state index in [1.54, 1.807) is 19.4 Å². The molecule has 1 heterocycles. The van der Waals surface area contributed by atoms with Crippen LogP contribution in [0.5, 0.6) is 5.88 Å². The number of aromatic nitrogens is 1. The number of hydrogen-bond acceptors (Lipinski definition) is 3. The lowest BCUT2D eigenvalue weighted by atomic mass is 10.00. The van der Waals surface area contributed by atoms with Crippen molar-refractivity contribution in [2.24, 2.45) is 0 Å². The van der Waals surface area contributed by atoms with Crippen molar-refractivity contribution >= 4 is 15.9 Å². The van der Waals surface area contributed by atoms with Gasteiger partial charge in [0.25, 0.3) is 0 Å². The quantitative estimate of drug-likeness (QED) is 0.905. The van der Waals surface area contributed by atoms with E-state index in [0.717, 1.165) is 15.6 Å². The summed E-state index contributed by atoms with van der Waals surface area (Å²) in [6.07, 6.45) is 2.41. The van der Waals surface area contributed by atoms with E-state index in [9.17, 15) is 4.39 Å². The molecule has 0 aliphatic carbocycles. The van der Waals surface area contributed by atoms with Gasteiger partial charge in [0.2, 0.25) is 5.88 Å². The van der Waals surface area contributed by atoms with Gasteiger partial charge in [-0.05, 0) is 37.2 Å². The number of ether oxygens (including phenoxy) is 1. The van der Waals surface area contributed by atoms with E-state index in [1.807, 2.05) is 19.2 Å². The molecule has 0 bridgehead atoms. The molecule has 1 aromatic carbocycles. The van der Waals surface area contributed by atoms with Crippen LogP contribution in [0.25, 0.3) is 0 Å². The van der Waals surface area contributed by atoms with Crippen LogP contribution in [-0.4, -0.2) is 19.1 Å². The molecule has 0 saturated heterocycles. The van der Waals surface area contributed by atoms with Crippen LogP contribution < -0.4 is 10.1 Å². The Morgan fingerprint density at radius 2 is 2.20 bits per heavy atom. The molecule has 106 valence electrons. The molecule has 0 aliphatic heterocycles. The van der Waals surface area contributed by atoms with Gasteiger partial charge in [0.05, 0.1) is 7.11 Å². The first-order valence-electron chi connectivity index (χ1n) is 6.25. The lowest BCUT2D eigenvalue weighted by Crippen LogP contribution is -2.20. The molecule has 5 heteroatoms. The fourth-order valence-corrected chi connectivity index (χ4v) is 2.63. The third kappa shape index (κ3) is 3.35. The molecule has 20 heavy (non-hydrogen) atoms. The average Bonchev–Trinajstić information content (AvgIpc) is 2.46. The summed E-state index contributed by atoms with van der Waals surface area (Å²) in [4.78, 5) is 4.21. The van der Waals surface area contributed by atoms with Crippen molar-refractivity contribution in [3.05, 3.63) is 57.9 Å². The fraction of sp³-hybridized carbons (Fsp3) is 0.267. The van der Waals surface area contributed by atoms with Crippen molar-refractivity contribution in [1.29, 1.82) is 0 Å². The number of methoxy groups -OCH3 is 1. The smallest absolute Gasteiger partial charge is 0.217 e. The second-order valence-electron chi connectivity index (χ2n) is 4.38. The van der Waals surface area contributed by atoms with Crippen molar-refractivity contribution in [3.8, 4) is 5.88 Å². The number of hydrogen-bond donors (Lipinski definition) is 1. The summed E-state index contributed by atoms with van der Waals surface area (Å²) < 4.78 is 19.2. The summed E-state index contributed by atoms with van der Waals surface area (Å²) >= 11 is 3.40. The second-order valence-corrected chi connectivity index (χ2v) is 5.24. The summed E-state index contributed by atoms with van der Waals surface area (Å²) in [5.74, 6) is 0.352. The minimum Gasteiger partial charge on any atom is -0.481 e. The maximum absolute atomic E-state index is 13.1. The number of halogens is 2. The largest absolute Gasteiger partial charge is 0.481 e. The standard InChI is InChI=1S/C15H16BrFN2O/c1-18-14(12-4-3-7-19-15(12)20-2)8-10-5-6-11(17)9-13(10)16/h3-7,9,14,18H,8H2,1-2H3. The highest BCUT2D eigenvalue weighted by Gasteiger charge is 2.17. The molecular weight excluding hydrogens is 323 g/mol. The van der Waals surface area contributed by atoms with E-state index < -0.39 is 0 Å². The topological polar surface area (TPSA) is 34.2 Å². The van der Waals surface area contributed by atoms with Gasteiger partial charge in [-0.3, -0.25) is 0 Å². The minimum atomic E-state index is -0.249. The van der Waals surface area contributed by atoms with E-state index in [1.165, 1.54) is 12.1 Å². The molecule has 3 nitrogen and oxygen atoms in total. The molecule has 0 amide bonds. The molecule has 2 rings (SSSR count). The zero-order valence-electron chi connectivity index (χ0n) is 11.4. The Kier molecular flexibility index (Phi) is 5.09. The normalized spacial score (nSPS) is 12.2. The van der Waals surface area contributed by atoms with Crippen molar-refractivity contribution in [3.63, 3.8) is 0 Å². The van der Waals surface area contributed by atoms with Gasteiger partial charge in [-0.15, -0.1) is 0 Å². The van der Waals surface area contributed by atoms with Crippen LogP contribution in [0.4, 0.5) is 4.39 Å². The van der Waals surface area contributed by atoms with E-state index >= 15 is 0 Å². The third-order valence-electron chi connectivity index (χ3n) is 3.16. The van der Waals surface area contributed by atoms with Gasteiger partial charge >= 0.3 is 0 Å². The predicted molar refractivity (Wildman–Crippen MR) is 80.4 cm³/mol. The van der Waals surface area contributed by atoms with Gasteiger partial charge in [0.1, 0.15) is 5.82 Å². The summed E-state index contributed by atoms with van der Waals surface area (Å²) in [5.41, 5.74) is 2.00. The summed E-state index contributed by atoms with van der Waals surface area (Å²) in [6, 6.07) is 8.62. The first-order valence-corrected chi connectivity index (χ1v) is 7.05. The predicted octanol–water partition coefficient (Wildman–Crippen LogP) is 3.50. The molecule has 0 aliphatic rings. The highest BCUT2D eigenvalue weighted by atomic mass is 79.9. The summed E-state index contributed by atoms with van der Waals surface area (Å²) in [7, 11) is 3.49. The lowest BCUT2D eigenvalue weighted by molar-refractivity contribution is 0.384. The maximum Gasteiger partial charge on any atom is 0.217 e. The van der Waals surface area contributed by atoms with Gasteiger partial charge in [-0.1, -0.05) is 28.1 Å². The van der Waals surface area contributed by atoms with Crippen LogP contribution in [0.1, 0.15) is 17.2 Å². The molecule has 0 fully saturated rings. The lowest BCUT2D eigenvalue weighted by Gasteiger charge is -2.19. The minimum absolute atomic E-state index is 0.0420. The maximum atomic E-state index is 13.1. The van der Waals surface area contributed by atoms with Crippen LogP contribution in [-0.2, 0) is 6.42 Å². The number of rotatable bonds is 5. The Morgan fingerprint density at radius 3 is 2.85 bits per heavy atom. The van der Waals surface area contributed by atoms with E-state index in [2.05, 4.69) is 26.2 Å². The van der Waals surface area contributed by atoms with Gasteiger partial charge < -0.3 is 10.1 Å². The third-order valence-corrected chi connectivity index (χ3v) is 3.90. The molecule has 1 atom stereocenters. The Labute approximate surface area is 126 Å². The number of pyridine rings is 1. The summed E-state index contributed by atoms with van der Waals surface area (Å²) in [5, 5.41) is 3.25. The van der Waals surface area contributed by atoms with Gasteiger partial charge in [0.15, 0.2) is 0 Å². The number of nitrogens with zero attached hydrogens (tertiary/aromatic N) is 1. The van der Waals surface area contributed by atoms with Crippen LogP contribution in [0.15, 0.2) is 41.0 Å². The zero-order chi connectivity index (χ0) is 14.5. The Bertz CT molecular complexity index is 592. The van der Waals surface area contributed by atoms with Crippen LogP contribution in [0, 0.1) is 5.82 Å². The molecule has 0 saturated carbocycles. The van der Waals surface area contributed by atoms with Gasteiger partial charge in [0, 0.05) is 22.3 Å². The van der Waals surface area contributed by atoms with E-state index in [4.69, 9.17) is 4.74 Å². The summed E-state index contributed by atoms with van der Waals surface area (Å²) in [6.45, 7) is 0. The Morgan fingerprint density at radius 1 is 1.40 bits per heavy atom. The molecule has 1 unspecified atom stereocenters. The van der Waals surface area contributed by atoms with E-state index in [-0.39, 0.29) is 11.9 Å². The van der Waals surface area contributed by atoms with Crippen LogP contribution >= 0.6 is 15.9 Å². The number of likely N-dealkylation sites (N-methyl/N-ethyl adjacent to an activating group) is 1. The molecule has 2 aromatic rings. The number of benzene rings is 1. The fourth-order valence-electron chi connectivity index (χ4n) is 2.11. The first kappa shape index (κ1) is 14.9. The Hall–Kier alpha value is -1.46. The molecule has 1 N–H and O–H groups in total. The van der Waals surface area contributed by atoms with Crippen molar-refractivity contribution in [2.45, 2.75) is 12.5 Å². The number of nitrogens with one attached hydrogen (secondary N) is 1. The van der Waals surface area contributed by atoms with E-state index in [0.29, 0.717) is 12.3 Å².